The number of aromatic nitrogens is 1. The largest absolute Gasteiger partial charge is 0.496 e. The Morgan fingerprint density at radius 1 is 0.868 bits per heavy atom. The smallest absolute Gasteiger partial charge is 0.248 e. The molecule has 7 heteroatoms. The van der Waals surface area contributed by atoms with Crippen LogP contribution in [0.5, 0.6) is 11.5 Å². The van der Waals surface area contributed by atoms with Crippen molar-refractivity contribution in [2.45, 2.75) is 12.7 Å². The molecule has 0 radical (unpaired) electrons. The number of aliphatic hydroxyl groups excluding tert-OH is 1. The van der Waals surface area contributed by atoms with E-state index >= 15 is 0 Å². The van der Waals surface area contributed by atoms with Gasteiger partial charge >= 0.3 is 0 Å². The molecule has 5 aromatic rings. The molecule has 4 aromatic carbocycles. The van der Waals surface area contributed by atoms with Crippen LogP contribution in [-0.2, 0) is 6.61 Å². The van der Waals surface area contributed by atoms with Gasteiger partial charge in [0.05, 0.1) is 18.7 Å². The highest BCUT2D eigenvalue weighted by atomic mass is 16.5. The van der Waals surface area contributed by atoms with E-state index in [9.17, 15) is 9.90 Å². The molecule has 4 N–H and O–H groups in total. The van der Waals surface area contributed by atoms with E-state index in [4.69, 9.17) is 9.47 Å². The van der Waals surface area contributed by atoms with Gasteiger partial charge in [-0.3, -0.25) is 4.79 Å². The lowest BCUT2D eigenvalue weighted by molar-refractivity contribution is 0.179. The first kappa shape index (κ1) is 25.1. The van der Waals surface area contributed by atoms with Crippen molar-refractivity contribution in [2.24, 2.45) is 0 Å². The van der Waals surface area contributed by atoms with Crippen LogP contribution in [0.2, 0.25) is 0 Å². The number of hydrogen-bond acceptors (Lipinski definition) is 6. The molecule has 0 saturated carbocycles. The van der Waals surface area contributed by atoms with Crippen LogP contribution in [0, 0.1) is 0 Å². The van der Waals surface area contributed by atoms with Crippen molar-refractivity contribution < 1.29 is 14.6 Å². The normalized spacial score (nSPS) is 11.7. The Morgan fingerprint density at radius 3 is 2.37 bits per heavy atom. The van der Waals surface area contributed by atoms with Gasteiger partial charge in [-0.25, -0.2) is 5.43 Å². The lowest BCUT2D eigenvalue weighted by Gasteiger charge is -2.18. The molecule has 0 aliphatic heterocycles. The summed E-state index contributed by atoms with van der Waals surface area (Å²) >= 11 is 0. The number of hydrazine groups is 1. The zero-order valence-corrected chi connectivity index (χ0v) is 21.0. The van der Waals surface area contributed by atoms with Crippen LogP contribution < -0.4 is 25.9 Å². The van der Waals surface area contributed by atoms with E-state index in [1.54, 1.807) is 19.2 Å². The number of rotatable bonds is 10. The minimum Gasteiger partial charge on any atom is -0.496 e. The molecule has 0 aliphatic rings. The van der Waals surface area contributed by atoms with E-state index in [1.165, 1.54) is 6.07 Å². The molecule has 7 nitrogen and oxygen atoms in total. The molecule has 0 aliphatic carbocycles. The number of H-pyrrole nitrogens is 1. The van der Waals surface area contributed by atoms with Gasteiger partial charge < -0.3 is 25.0 Å². The maximum absolute atomic E-state index is 12.1. The molecule has 0 bridgehead atoms. The van der Waals surface area contributed by atoms with Crippen LogP contribution in [-0.4, -0.2) is 23.7 Å². The molecule has 0 spiro atoms. The van der Waals surface area contributed by atoms with Gasteiger partial charge in [0.25, 0.3) is 0 Å². The number of hydrogen-bond donors (Lipinski definition) is 4. The molecule has 1 aromatic heterocycles. The van der Waals surface area contributed by atoms with Crippen LogP contribution in [0.4, 0.5) is 5.69 Å². The molecule has 0 amide bonds. The van der Waals surface area contributed by atoms with Crippen molar-refractivity contribution in [2.75, 3.05) is 19.1 Å². The van der Waals surface area contributed by atoms with Gasteiger partial charge in [-0.2, -0.15) is 0 Å². The van der Waals surface area contributed by atoms with Crippen molar-refractivity contribution in [1.82, 2.24) is 10.4 Å². The average molecular weight is 508 g/mol. The van der Waals surface area contributed by atoms with Crippen molar-refractivity contribution in [3.63, 3.8) is 0 Å². The van der Waals surface area contributed by atoms with Gasteiger partial charge in [-0.15, -0.1) is 0 Å². The Bertz CT molecular complexity index is 1570. The highest BCUT2D eigenvalue weighted by Gasteiger charge is 2.15. The predicted octanol–water partition coefficient (Wildman–Crippen LogP) is 5.43. The monoisotopic (exact) mass is 507 g/mol. The Hall–Kier alpha value is -4.59. The third-order valence-corrected chi connectivity index (χ3v) is 6.30. The highest BCUT2D eigenvalue weighted by molar-refractivity contribution is 5.87. The molecule has 1 heterocycles. The summed E-state index contributed by atoms with van der Waals surface area (Å²) in [7, 11) is 1.65. The minimum absolute atomic E-state index is 0.227. The molecular formula is C31H29N3O4. The van der Waals surface area contributed by atoms with E-state index in [0.29, 0.717) is 23.4 Å². The number of benzene rings is 4. The van der Waals surface area contributed by atoms with Crippen molar-refractivity contribution in [3.8, 4) is 22.6 Å². The second kappa shape index (κ2) is 11.6. The Kier molecular flexibility index (Phi) is 7.68. The summed E-state index contributed by atoms with van der Waals surface area (Å²) in [5, 5.41) is 11.7. The van der Waals surface area contributed by atoms with E-state index in [2.05, 4.69) is 15.8 Å². The van der Waals surface area contributed by atoms with Gasteiger partial charge in [0.2, 0.25) is 5.56 Å². The third kappa shape index (κ3) is 5.70. The van der Waals surface area contributed by atoms with Crippen LogP contribution in [0.1, 0.15) is 17.2 Å². The van der Waals surface area contributed by atoms with Crippen molar-refractivity contribution in [1.29, 1.82) is 0 Å². The number of aromatic amines is 1. The fourth-order valence-corrected chi connectivity index (χ4v) is 4.38. The first-order chi connectivity index (χ1) is 18.6. The zero-order chi connectivity index (χ0) is 26.3. The first-order valence-corrected chi connectivity index (χ1v) is 12.4. The van der Waals surface area contributed by atoms with E-state index < -0.39 is 6.10 Å². The molecular weight excluding hydrogens is 478 g/mol. The van der Waals surface area contributed by atoms with Crippen LogP contribution in [0.15, 0.2) is 108 Å². The number of ether oxygens (including phenoxy) is 2. The fourth-order valence-electron chi connectivity index (χ4n) is 4.38. The second-order valence-corrected chi connectivity index (χ2v) is 8.84. The lowest BCUT2D eigenvalue weighted by Crippen LogP contribution is -2.27. The SMILES string of the molecule is COc1ccc(NNCC(O)c2ccc(OCc3ccccc3)c3[nH]c(=O)ccc23)cc1-c1ccccc1. The maximum Gasteiger partial charge on any atom is 0.248 e. The quantitative estimate of drug-likeness (QED) is 0.188. The molecule has 38 heavy (non-hydrogen) atoms. The maximum atomic E-state index is 12.1. The molecule has 1 atom stereocenters. The van der Waals surface area contributed by atoms with Gasteiger partial charge in [0.15, 0.2) is 0 Å². The number of methoxy groups -OCH3 is 1. The number of aliphatic hydroxyl groups is 1. The van der Waals surface area contributed by atoms with Crippen molar-refractivity contribution >= 4 is 16.6 Å². The average Bonchev–Trinajstić information content (AvgIpc) is 2.96. The Morgan fingerprint density at radius 2 is 1.61 bits per heavy atom. The van der Waals surface area contributed by atoms with Gasteiger partial charge in [0.1, 0.15) is 18.1 Å². The Balaban J connectivity index is 1.30. The number of pyridine rings is 1. The minimum atomic E-state index is -0.842. The summed E-state index contributed by atoms with van der Waals surface area (Å²) in [6.45, 7) is 0.595. The standard InChI is InChI=1S/C31H29N3O4/c1-37-28-15-12-23(18-26(28)22-10-6-3-7-11-22)34-32-19-27(35)24-13-16-29(31-25(24)14-17-30(36)33-31)38-20-21-8-4-2-5-9-21/h2-18,27,32,34-35H,19-20H2,1H3,(H,33,36). The second-order valence-electron chi connectivity index (χ2n) is 8.84. The van der Waals surface area contributed by atoms with Gasteiger partial charge in [0, 0.05) is 29.2 Å². The molecule has 5 rings (SSSR count). The van der Waals surface area contributed by atoms with Crippen molar-refractivity contribution in [3.05, 3.63) is 125 Å². The molecule has 192 valence electrons. The van der Waals surface area contributed by atoms with E-state index in [-0.39, 0.29) is 12.1 Å². The summed E-state index contributed by atoms with van der Waals surface area (Å²) in [5.41, 5.74) is 11.1. The summed E-state index contributed by atoms with van der Waals surface area (Å²) in [6.07, 6.45) is -0.842. The zero-order valence-electron chi connectivity index (χ0n) is 21.0. The molecule has 0 saturated heterocycles. The molecule has 0 fully saturated rings. The summed E-state index contributed by atoms with van der Waals surface area (Å²) < 4.78 is 11.5. The summed E-state index contributed by atoms with van der Waals surface area (Å²) in [5.74, 6) is 1.33. The van der Waals surface area contributed by atoms with Gasteiger partial charge in [-0.05, 0) is 47.0 Å². The number of fused-ring (bicyclic) bond motifs is 1. The molecule has 1 unspecified atom stereocenters. The van der Waals surface area contributed by atoms with Crippen LogP contribution in [0.3, 0.4) is 0 Å². The fraction of sp³-hybridized carbons (Fsp3) is 0.129. The number of nitrogens with one attached hydrogen (secondary N) is 3. The lowest BCUT2D eigenvalue weighted by atomic mass is 10.0. The topological polar surface area (TPSA) is 95.6 Å². The summed E-state index contributed by atoms with van der Waals surface area (Å²) in [6, 6.07) is 32.4. The van der Waals surface area contributed by atoms with E-state index in [0.717, 1.165) is 33.5 Å². The predicted molar refractivity (Wildman–Crippen MR) is 150 cm³/mol. The van der Waals surface area contributed by atoms with Gasteiger partial charge in [-0.1, -0.05) is 66.7 Å². The highest BCUT2D eigenvalue weighted by Crippen LogP contribution is 2.33. The van der Waals surface area contributed by atoms with E-state index in [1.807, 2.05) is 84.9 Å². The summed E-state index contributed by atoms with van der Waals surface area (Å²) in [4.78, 5) is 15.0. The van der Waals surface area contributed by atoms with Crippen LogP contribution in [0.25, 0.3) is 22.0 Å². The third-order valence-electron chi connectivity index (χ3n) is 6.30. The number of anilines is 1. The van der Waals surface area contributed by atoms with Crippen LogP contribution >= 0.6 is 0 Å². The Labute approximate surface area is 220 Å². The first-order valence-electron chi connectivity index (χ1n) is 12.4.